The van der Waals surface area contributed by atoms with Gasteiger partial charge in [0.2, 0.25) is 5.91 Å². The molecule has 0 unspecified atom stereocenters. The number of hydrogen-bond acceptors (Lipinski definition) is 5. The van der Waals surface area contributed by atoms with Crippen molar-refractivity contribution in [3.63, 3.8) is 0 Å². The van der Waals surface area contributed by atoms with Gasteiger partial charge in [-0.15, -0.1) is 0 Å². The van der Waals surface area contributed by atoms with Crippen LogP contribution in [0, 0.1) is 6.92 Å². The minimum Gasteiger partial charge on any atom is -0.497 e. The van der Waals surface area contributed by atoms with Gasteiger partial charge in [-0.2, -0.15) is 0 Å². The van der Waals surface area contributed by atoms with Crippen molar-refractivity contribution in [3.8, 4) is 17.1 Å². The number of pyridine rings is 1. The van der Waals surface area contributed by atoms with Crippen molar-refractivity contribution in [1.82, 2.24) is 10.1 Å². The third kappa shape index (κ3) is 4.03. The number of carbonyl (C=O) groups excluding carboxylic acids is 1. The van der Waals surface area contributed by atoms with Crippen LogP contribution in [0.2, 0.25) is 0 Å². The zero-order valence-electron chi connectivity index (χ0n) is 16.0. The van der Waals surface area contributed by atoms with Crippen LogP contribution in [0.1, 0.15) is 11.3 Å². The molecule has 0 aliphatic heterocycles. The molecule has 7 heteroatoms. The van der Waals surface area contributed by atoms with E-state index in [9.17, 15) is 9.59 Å². The number of nitrogens with one attached hydrogen (secondary N) is 2. The number of aromatic nitrogens is 2. The van der Waals surface area contributed by atoms with E-state index < -0.39 is 0 Å². The maximum atomic E-state index is 12.4. The van der Waals surface area contributed by atoms with Gasteiger partial charge in [-0.05, 0) is 42.6 Å². The first-order valence-electron chi connectivity index (χ1n) is 9.05. The molecule has 0 aliphatic rings. The Hall–Kier alpha value is -3.87. The van der Waals surface area contributed by atoms with E-state index in [2.05, 4.69) is 15.5 Å². The molecule has 0 atom stereocenters. The van der Waals surface area contributed by atoms with E-state index in [-0.39, 0.29) is 17.9 Å². The minimum absolute atomic E-state index is 0.0654. The zero-order valence-corrected chi connectivity index (χ0v) is 16.0. The van der Waals surface area contributed by atoms with E-state index in [0.717, 1.165) is 10.9 Å². The Morgan fingerprint density at radius 1 is 1.17 bits per heavy atom. The number of aromatic amines is 1. The van der Waals surface area contributed by atoms with Gasteiger partial charge in [0.1, 0.15) is 5.75 Å². The predicted molar refractivity (Wildman–Crippen MR) is 110 cm³/mol. The van der Waals surface area contributed by atoms with E-state index in [1.54, 1.807) is 32.2 Å². The highest BCUT2D eigenvalue weighted by Crippen LogP contribution is 2.24. The SMILES string of the molecule is COc1cccc(-c2cc(CC(=O)Nc3ccc4cc(C)c(=O)[nH]c4c3)no2)c1. The summed E-state index contributed by atoms with van der Waals surface area (Å²) in [6.07, 6.45) is 0.0654. The lowest BCUT2D eigenvalue weighted by atomic mass is 10.1. The van der Waals surface area contributed by atoms with Crippen LogP contribution < -0.4 is 15.6 Å². The molecule has 2 aromatic heterocycles. The number of aryl methyl sites for hydroxylation is 1. The molecule has 0 aliphatic carbocycles. The molecule has 29 heavy (non-hydrogen) atoms. The second-order valence-electron chi connectivity index (χ2n) is 6.72. The lowest BCUT2D eigenvalue weighted by Crippen LogP contribution is -2.15. The van der Waals surface area contributed by atoms with Crippen LogP contribution in [-0.2, 0) is 11.2 Å². The lowest BCUT2D eigenvalue weighted by molar-refractivity contribution is -0.115. The molecule has 0 bridgehead atoms. The second kappa shape index (κ2) is 7.63. The summed E-state index contributed by atoms with van der Waals surface area (Å²) >= 11 is 0. The number of rotatable bonds is 5. The third-order valence-electron chi connectivity index (χ3n) is 4.57. The fraction of sp³-hybridized carbons (Fsp3) is 0.136. The Kier molecular flexibility index (Phi) is 4.87. The average Bonchev–Trinajstić information content (AvgIpc) is 3.17. The Morgan fingerprint density at radius 2 is 2.03 bits per heavy atom. The first kappa shape index (κ1) is 18.5. The van der Waals surface area contributed by atoms with Gasteiger partial charge in [0, 0.05) is 22.9 Å². The topological polar surface area (TPSA) is 97.2 Å². The summed E-state index contributed by atoms with van der Waals surface area (Å²) in [4.78, 5) is 27.0. The molecular weight excluding hydrogens is 370 g/mol. The number of ether oxygens (including phenoxy) is 1. The highest BCUT2D eigenvalue weighted by atomic mass is 16.5. The number of fused-ring (bicyclic) bond motifs is 1. The maximum Gasteiger partial charge on any atom is 0.251 e. The van der Waals surface area contributed by atoms with Gasteiger partial charge in [-0.1, -0.05) is 23.4 Å². The number of anilines is 1. The first-order chi connectivity index (χ1) is 14.0. The molecule has 0 saturated carbocycles. The molecule has 146 valence electrons. The molecule has 2 heterocycles. The molecule has 7 nitrogen and oxygen atoms in total. The van der Waals surface area contributed by atoms with Gasteiger partial charge in [-0.25, -0.2) is 0 Å². The average molecular weight is 389 g/mol. The van der Waals surface area contributed by atoms with E-state index >= 15 is 0 Å². The van der Waals surface area contributed by atoms with Crippen molar-refractivity contribution in [1.29, 1.82) is 0 Å². The standard InChI is InChI=1S/C22H19N3O4/c1-13-8-14-6-7-16(10-19(14)24-22(13)27)23-21(26)12-17-11-20(29-25-17)15-4-3-5-18(9-15)28-2/h3-11H,12H2,1-2H3,(H,23,26)(H,24,27). The van der Waals surface area contributed by atoms with Crippen LogP contribution in [0.3, 0.4) is 0 Å². The van der Waals surface area contributed by atoms with Crippen molar-refractivity contribution in [3.05, 3.63) is 76.2 Å². The van der Waals surface area contributed by atoms with Gasteiger partial charge in [0.05, 0.1) is 24.7 Å². The van der Waals surface area contributed by atoms with Crippen molar-refractivity contribution in [2.45, 2.75) is 13.3 Å². The van der Waals surface area contributed by atoms with Crippen LogP contribution in [0.25, 0.3) is 22.2 Å². The molecule has 0 fully saturated rings. The Balaban J connectivity index is 1.47. The van der Waals surface area contributed by atoms with Crippen molar-refractivity contribution >= 4 is 22.5 Å². The monoisotopic (exact) mass is 389 g/mol. The second-order valence-corrected chi connectivity index (χ2v) is 6.72. The molecule has 2 N–H and O–H groups in total. The smallest absolute Gasteiger partial charge is 0.251 e. The molecule has 1 amide bonds. The highest BCUT2D eigenvalue weighted by Gasteiger charge is 2.12. The summed E-state index contributed by atoms with van der Waals surface area (Å²) in [5.41, 5.74) is 3.10. The van der Waals surface area contributed by atoms with E-state index in [0.29, 0.717) is 34.0 Å². The minimum atomic E-state index is -0.232. The van der Waals surface area contributed by atoms with Gasteiger partial charge in [0.25, 0.3) is 5.56 Å². The number of methoxy groups -OCH3 is 1. The van der Waals surface area contributed by atoms with Gasteiger partial charge in [-0.3, -0.25) is 9.59 Å². The van der Waals surface area contributed by atoms with Crippen LogP contribution in [-0.4, -0.2) is 23.2 Å². The highest BCUT2D eigenvalue weighted by molar-refractivity contribution is 5.94. The van der Waals surface area contributed by atoms with Crippen LogP contribution >= 0.6 is 0 Å². The number of carbonyl (C=O) groups is 1. The number of nitrogens with zero attached hydrogens (tertiary/aromatic N) is 1. The number of H-pyrrole nitrogens is 1. The van der Waals surface area contributed by atoms with Gasteiger partial charge in [0.15, 0.2) is 5.76 Å². The molecule has 0 saturated heterocycles. The maximum absolute atomic E-state index is 12.4. The summed E-state index contributed by atoms with van der Waals surface area (Å²) in [6.45, 7) is 1.76. The number of benzene rings is 2. The van der Waals surface area contributed by atoms with Crippen molar-refractivity contribution < 1.29 is 14.1 Å². The van der Waals surface area contributed by atoms with E-state index in [1.807, 2.05) is 36.4 Å². The summed E-state index contributed by atoms with van der Waals surface area (Å²) in [5, 5.41) is 7.70. The quantitative estimate of drug-likeness (QED) is 0.543. The summed E-state index contributed by atoms with van der Waals surface area (Å²) < 4.78 is 10.6. The number of amides is 1. The first-order valence-corrected chi connectivity index (χ1v) is 9.05. The Bertz CT molecular complexity index is 1260. The van der Waals surface area contributed by atoms with Crippen molar-refractivity contribution in [2.24, 2.45) is 0 Å². The fourth-order valence-electron chi connectivity index (χ4n) is 3.07. The third-order valence-corrected chi connectivity index (χ3v) is 4.57. The van der Waals surface area contributed by atoms with Crippen LogP contribution in [0.4, 0.5) is 5.69 Å². The summed E-state index contributed by atoms with van der Waals surface area (Å²) in [7, 11) is 1.60. The normalized spacial score (nSPS) is 10.8. The zero-order chi connectivity index (χ0) is 20.4. The lowest BCUT2D eigenvalue weighted by Gasteiger charge is -2.06. The van der Waals surface area contributed by atoms with Gasteiger partial charge < -0.3 is 19.6 Å². The Morgan fingerprint density at radius 3 is 2.86 bits per heavy atom. The largest absolute Gasteiger partial charge is 0.497 e. The van der Waals surface area contributed by atoms with E-state index in [4.69, 9.17) is 9.26 Å². The summed E-state index contributed by atoms with van der Waals surface area (Å²) in [5.74, 6) is 1.04. The molecule has 0 spiro atoms. The van der Waals surface area contributed by atoms with Crippen molar-refractivity contribution in [2.75, 3.05) is 12.4 Å². The predicted octanol–water partition coefficient (Wildman–Crippen LogP) is 3.68. The van der Waals surface area contributed by atoms with Crippen LogP contribution in [0.5, 0.6) is 5.75 Å². The van der Waals surface area contributed by atoms with Gasteiger partial charge >= 0.3 is 0 Å². The summed E-state index contributed by atoms with van der Waals surface area (Å²) in [6, 6.07) is 16.3. The molecular formula is C22H19N3O4. The molecule has 4 aromatic rings. The molecule has 2 aromatic carbocycles. The van der Waals surface area contributed by atoms with Crippen LogP contribution in [0.15, 0.2) is 63.9 Å². The fourth-order valence-corrected chi connectivity index (χ4v) is 3.07. The Labute approximate surface area is 166 Å². The van der Waals surface area contributed by atoms with E-state index in [1.165, 1.54) is 0 Å². The number of hydrogen-bond donors (Lipinski definition) is 2. The molecule has 0 radical (unpaired) electrons. The molecule has 4 rings (SSSR count).